The van der Waals surface area contributed by atoms with Gasteiger partial charge >= 0.3 is 0 Å². The third-order valence-electron chi connectivity index (χ3n) is 2.84. The predicted molar refractivity (Wildman–Crippen MR) is 72.8 cm³/mol. The van der Waals surface area contributed by atoms with Gasteiger partial charge in [-0.2, -0.15) is 0 Å². The van der Waals surface area contributed by atoms with Crippen LogP contribution in [0.1, 0.15) is 50.7 Å². The standard InChI is InChI=1S/C16H24/c1-3-5-6-7-8-12-16-14-10-9-13-15(16)11-4-2/h6-7,9-10,13-14H,3-5,8,11-12H2,1-2H3. The lowest BCUT2D eigenvalue weighted by atomic mass is 9.99. The zero-order chi connectivity index (χ0) is 11.6. The molecule has 0 aliphatic heterocycles. The quantitative estimate of drug-likeness (QED) is 0.567. The van der Waals surface area contributed by atoms with Crippen molar-refractivity contribution in [1.29, 1.82) is 0 Å². The van der Waals surface area contributed by atoms with E-state index in [2.05, 4.69) is 50.3 Å². The fourth-order valence-electron chi connectivity index (χ4n) is 1.96. The summed E-state index contributed by atoms with van der Waals surface area (Å²) in [6.07, 6.45) is 11.9. The van der Waals surface area contributed by atoms with E-state index in [0.717, 1.165) is 0 Å². The van der Waals surface area contributed by atoms with Gasteiger partial charge in [0.25, 0.3) is 0 Å². The number of aryl methyl sites for hydroxylation is 2. The first-order valence-electron chi connectivity index (χ1n) is 6.60. The number of benzene rings is 1. The van der Waals surface area contributed by atoms with E-state index in [0.29, 0.717) is 0 Å². The molecule has 0 bridgehead atoms. The summed E-state index contributed by atoms with van der Waals surface area (Å²) in [6.45, 7) is 4.47. The largest absolute Gasteiger partial charge is 0.0885 e. The third kappa shape index (κ3) is 4.65. The van der Waals surface area contributed by atoms with Crippen LogP contribution in [0.15, 0.2) is 36.4 Å². The Morgan fingerprint density at radius 1 is 0.812 bits per heavy atom. The summed E-state index contributed by atoms with van der Waals surface area (Å²) < 4.78 is 0. The molecule has 1 rings (SSSR count). The molecule has 0 unspecified atom stereocenters. The minimum atomic E-state index is 1.18. The van der Waals surface area contributed by atoms with Gasteiger partial charge in [0.15, 0.2) is 0 Å². The molecule has 0 N–H and O–H groups in total. The summed E-state index contributed by atoms with van der Waals surface area (Å²) in [6, 6.07) is 8.86. The Kier molecular flexibility index (Phi) is 6.64. The summed E-state index contributed by atoms with van der Waals surface area (Å²) in [5.41, 5.74) is 3.07. The monoisotopic (exact) mass is 216 g/mol. The van der Waals surface area contributed by atoms with Crippen molar-refractivity contribution >= 4 is 0 Å². The molecule has 0 aliphatic carbocycles. The number of unbranched alkanes of at least 4 members (excludes halogenated alkanes) is 1. The Balaban J connectivity index is 2.46. The molecule has 0 aromatic heterocycles. The molecule has 0 radical (unpaired) electrons. The molecule has 88 valence electrons. The highest BCUT2D eigenvalue weighted by molar-refractivity contribution is 5.27. The lowest BCUT2D eigenvalue weighted by molar-refractivity contribution is 0.880. The van der Waals surface area contributed by atoms with Gasteiger partial charge in [-0.1, -0.05) is 63.1 Å². The number of rotatable bonds is 7. The molecule has 0 amide bonds. The van der Waals surface area contributed by atoms with Crippen molar-refractivity contribution in [3.05, 3.63) is 47.5 Å². The first-order valence-corrected chi connectivity index (χ1v) is 6.60. The fourth-order valence-corrected chi connectivity index (χ4v) is 1.96. The summed E-state index contributed by atoms with van der Waals surface area (Å²) in [5.74, 6) is 0. The normalized spacial score (nSPS) is 11.1. The van der Waals surface area contributed by atoms with Crippen molar-refractivity contribution < 1.29 is 0 Å². The SMILES string of the molecule is CCCC=CCCc1ccccc1CCC. The van der Waals surface area contributed by atoms with Crippen LogP contribution >= 0.6 is 0 Å². The Bertz CT molecular complexity index is 310. The smallest absolute Gasteiger partial charge is 0.0241 e. The van der Waals surface area contributed by atoms with E-state index in [-0.39, 0.29) is 0 Å². The second-order valence-corrected chi connectivity index (χ2v) is 4.32. The Hall–Kier alpha value is -1.04. The highest BCUT2D eigenvalue weighted by Crippen LogP contribution is 2.13. The van der Waals surface area contributed by atoms with E-state index in [9.17, 15) is 0 Å². The van der Waals surface area contributed by atoms with Gasteiger partial charge in [-0.25, -0.2) is 0 Å². The van der Waals surface area contributed by atoms with Crippen LogP contribution in [0.5, 0.6) is 0 Å². The molecule has 0 aliphatic rings. The van der Waals surface area contributed by atoms with Crippen LogP contribution in [-0.2, 0) is 12.8 Å². The topological polar surface area (TPSA) is 0 Å². The van der Waals surface area contributed by atoms with Crippen LogP contribution < -0.4 is 0 Å². The van der Waals surface area contributed by atoms with Gasteiger partial charge in [0.1, 0.15) is 0 Å². The maximum Gasteiger partial charge on any atom is -0.0241 e. The Labute approximate surface area is 100 Å². The van der Waals surface area contributed by atoms with Gasteiger partial charge in [-0.15, -0.1) is 0 Å². The van der Waals surface area contributed by atoms with Crippen molar-refractivity contribution in [2.75, 3.05) is 0 Å². The molecule has 1 aromatic carbocycles. The van der Waals surface area contributed by atoms with Crippen LogP contribution in [0.2, 0.25) is 0 Å². The summed E-state index contributed by atoms with van der Waals surface area (Å²) in [7, 11) is 0. The molecular weight excluding hydrogens is 192 g/mol. The van der Waals surface area contributed by atoms with Crippen molar-refractivity contribution in [2.45, 2.75) is 52.4 Å². The zero-order valence-electron chi connectivity index (χ0n) is 10.7. The third-order valence-corrected chi connectivity index (χ3v) is 2.84. The van der Waals surface area contributed by atoms with Gasteiger partial charge in [0, 0.05) is 0 Å². The van der Waals surface area contributed by atoms with Crippen molar-refractivity contribution in [1.82, 2.24) is 0 Å². The molecule has 0 saturated heterocycles. The second kappa shape index (κ2) is 8.15. The molecule has 0 nitrogen and oxygen atoms in total. The van der Waals surface area contributed by atoms with E-state index in [1.54, 1.807) is 0 Å². The van der Waals surface area contributed by atoms with E-state index < -0.39 is 0 Å². The van der Waals surface area contributed by atoms with Crippen LogP contribution in [0.4, 0.5) is 0 Å². The van der Waals surface area contributed by atoms with E-state index >= 15 is 0 Å². The van der Waals surface area contributed by atoms with Crippen molar-refractivity contribution in [3.63, 3.8) is 0 Å². The minimum absolute atomic E-state index is 1.18. The molecule has 16 heavy (non-hydrogen) atoms. The van der Waals surface area contributed by atoms with Crippen LogP contribution in [0, 0.1) is 0 Å². The Morgan fingerprint density at radius 2 is 1.44 bits per heavy atom. The maximum absolute atomic E-state index is 2.33. The molecule has 0 heterocycles. The van der Waals surface area contributed by atoms with Crippen LogP contribution in [0.3, 0.4) is 0 Å². The van der Waals surface area contributed by atoms with E-state index in [1.807, 2.05) is 0 Å². The lowest BCUT2D eigenvalue weighted by Crippen LogP contribution is -1.92. The fraction of sp³-hybridized carbons (Fsp3) is 0.500. The lowest BCUT2D eigenvalue weighted by Gasteiger charge is -2.06. The van der Waals surface area contributed by atoms with Gasteiger partial charge in [0.2, 0.25) is 0 Å². The average molecular weight is 216 g/mol. The van der Waals surface area contributed by atoms with Crippen molar-refractivity contribution in [2.24, 2.45) is 0 Å². The number of hydrogen-bond donors (Lipinski definition) is 0. The van der Waals surface area contributed by atoms with Crippen LogP contribution in [-0.4, -0.2) is 0 Å². The number of hydrogen-bond acceptors (Lipinski definition) is 0. The maximum atomic E-state index is 2.33. The van der Waals surface area contributed by atoms with Crippen LogP contribution in [0.25, 0.3) is 0 Å². The van der Waals surface area contributed by atoms with Gasteiger partial charge in [0.05, 0.1) is 0 Å². The highest BCUT2D eigenvalue weighted by Gasteiger charge is 1.98. The number of allylic oxidation sites excluding steroid dienone is 2. The zero-order valence-corrected chi connectivity index (χ0v) is 10.7. The highest BCUT2D eigenvalue weighted by atomic mass is 14.0. The summed E-state index contributed by atoms with van der Waals surface area (Å²) in [4.78, 5) is 0. The molecule has 0 atom stereocenters. The molecule has 0 heteroatoms. The van der Waals surface area contributed by atoms with E-state index in [1.165, 1.54) is 49.7 Å². The average Bonchev–Trinajstić information content (AvgIpc) is 2.31. The van der Waals surface area contributed by atoms with Gasteiger partial charge in [-0.3, -0.25) is 0 Å². The van der Waals surface area contributed by atoms with Gasteiger partial charge < -0.3 is 0 Å². The predicted octanol–water partition coefficient (Wildman–Crippen LogP) is 4.93. The summed E-state index contributed by atoms with van der Waals surface area (Å²) in [5, 5.41) is 0. The minimum Gasteiger partial charge on any atom is -0.0885 e. The van der Waals surface area contributed by atoms with E-state index in [4.69, 9.17) is 0 Å². The van der Waals surface area contributed by atoms with Gasteiger partial charge in [-0.05, 0) is 36.8 Å². The second-order valence-electron chi connectivity index (χ2n) is 4.32. The Morgan fingerprint density at radius 3 is 2.06 bits per heavy atom. The molecule has 0 fully saturated rings. The molecular formula is C16H24. The molecule has 1 aromatic rings. The molecule has 0 saturated carbocycles. The first-order chi connectivity index (χ1) is 7.88. The summed E-state index contributed by atoms with van der Waals surface area (Å²) >= 11 is 0. The first kappa shape index (κ1) is 13.0. The van der Waals surface area contributed by atoms with Crippen molar-refractivity contribution in [3.8, 4) is 0 Å². The molecule has 0 spiro atoms.